The van der Waals surface area contributed by atoms with Gasteiger partial charge in [0.25, 0.3) is 0 Å². The summed E-state index contributed by atoms with van der Waals surface area (Å²) < 4.78 is 5.92. The van der Waals surface area contributed by atoms with Crippen LogP contribution in [0.25, 0.3) is 0 Å². The van der Waals surface area contributed by atoms with E-state index in [4.69, 9.17) is 0 Å². The number of nitrogens with zero attached hydrogens (tertiary/aromatic N) is 2. The Bertz CT molecular complexity index is 317. The quantitative estimate of drug-likeness (QED) is 0.626. The summed E-state index contributed by atoms with van der Waals surface area (Å²) in [6, 6.07) is 0. The normalized spacial score (nSPS) is 32.0. The molecule has 0 saturated carbocycles. The predicted octanol–water partition coefficient (Wildman–Crippen LogP) is 4.61. The van der Waals surface area contributed by atoms with Crippen molar-refractivity contribution in [2.24, 2.45) is 0 Å². The van der Waals surface area contributed by atoms with Gasteiger partial charge < -0.3 is 0 Å². The van der Waals surface area contributed by atoms with E-state index in [9.17, 15) is 0 Å². The molecule has 3 heteroatoms. The van der Waals surface area contributed by atoms with Crippen molar-refractivity contribution in [3.63, 3.8) is 0 Å². The second-order valence-electron chi connectivity index (χ2n) is 9.73. The van der Waals surface area contributed by atoms with Gasteiger partial charge in [-0.05, 0) is 0 Å². The summed E-state index contributed by atoms with van der Waals surface area (Å²) in [7, 11) is 0. The summed E-state index contributed by atoms with van der Waals surface area (Å²) >= 11 is -0.776. The summed E-state index contributed by atoms with van der Waals surface area (Å²) in [5.74, 6) is 0. The van der Waals surface area contributed by atoms with E-state index >= 15 is 0 Å². The number of piperidine rings is 2. The topological polar surface area (TPSA) is 6.48 Å². The first kappa shape index (κ1) is 18.1. The van der Waals surface area contributed by atoms with Crippen LogP contribution >= 0.6 is 0 Å². The molecule has 0 N–H and O–H groups in total. The van der Waals surface area contributed by atoms with Crippen LogP contribution in [0.1, 0.15) is 93.9 Å². The number of rotatable bonds is 2. The molecule has 0 aromatic rings. The Morgan fingerprint density at radius 3 is 1.00 bits per heavy atom. The van der Waals surface area contributed by atoms with E-state index in [1.54, 1.807) is 0 Å². The molecule has 2 nitrogen and oxygen atoms in total. The van der Waals surface area contributed by atoms with E-state index in [1.165, 1.54) is 38.5 Å². The van der Waals surface area contributed by atoms with Crippen LogP contribution in [0.3, 0.4) is 0 Å². The summed E-state index contributed by atoms with van der Waals surface area (Å²) in [6.45, 7) is 19.9. The zero-order valence-electron chi connectivity index (χ0n) is 15.6. The molecular weight excluding hydrogens is 363 g/mol. The molecule has 0 aromatic heterocycles. The van der Waals surface area contributed by atoms with Crippen molar-refractivity contribution in [3.05, 3.63) is 0 Å². The van der Waals surface area contributed by atoms with Crippen LogP contribution in [-0.2, 0) is 0 Å². The molecule has 0 atom stereocenters. The van der Waals surface area contributed by atoms with Crippen LogP contribution in [0.4, 0.5) is 0 Å². The molecule has 2 heterocycles. The summed E-state index contributed by atoms with van der Waals surface area (Å²) in [6.07, 6.45) is 8.25. The third-order valence-electron chi connectivity index (χ3n) is 5.78. The van der Waals surface area contributed by atoms with Crippen molar-refractivity contribution >= 4 is 21.7 Å². The van der Waals surface area contributed by atoms with Gasteiger partial charge in [0.1, 0.15) is 0 Å². The minimum atomic E-state index is -0.776. The fourth-order valence-corrected chi connectivity index (χ4v) is 9.57. The standard InChI is InChI=1S/2C9H18N.Sn/c2*1-8(2)6-5-7-9(3,4)10-8;/h2*5-7H2,1-4H3;/q2*-1;+2. The molecule has 21 heavy (non-hydrogen) atoms. The Morgan fingerprint density at radius 2 is 0.762 bits per heavy atom. The Kier molecular flexibility index (Phi) is 4.87. The number of hydrogen-bond acceptors (Lipinski definition) is 2. The molecule has 0 spiro atoms. The van der Waals surface area contributed by atoms with Gasteiger partial charge in [-0.25, -0.2) is 0 Å². The second-order valence-corrected chi connectivity index (χ2v) is 12.9. The molecule has 2 radical (unpaired) electrons. The molecule has 2 rings (SSSR count). The molecule has 2 saturated heterocycles. The van der Waals surface area contributed by atoms with Gasteiger partial charge in [-0.15, -0.1) is 0 Å². The van der Waals surface area contributed by atoms with Crippen LogP contribution in [0.15, 0.2) is 0 Å². The molecule has 2 aliphatic rings. The zero-order valence-corrected chi connectivity index (χ0v) is 18.5. The van der Waals surface area contributed by atoms with E-state index in [0.29, 0.717) is 22.2 Å². The Balaban J connectivity index is 2.28. The SMILES string of the molecule is CC1(C)CCCC(C)(C)[N]1[Sn][N]1C(C)(C)CCCC1(C)C. The first-order valence-electron chi connectivity index (χ1n) is 8.76. The second kappa shape index (κ2) is 5.66. The van der Waals surface area contributed by atoms with Gasteiger partial charge in [-0.2, -0.15) is 0 Å². The van der Waals surface area contributed by atoms with Crippen molar-refractivity contribution in [1.29, 1.82) is 0 Å². The molecule has 0 unspecified atom stereocenters. The van der Waals surface area contributed by atoms with Gasteiger partial charge >= 0.3 is 144 Å². The average molecular weight is 399 g/mol. The molecule has 0 aromatic carbocycles. The van der Waals surface area contributed by atoms with Gasteiger partial charge in [0.05, 0.1) is 0 Å². The first-order chi connectivity index (χ1) is 9.39. The molecule has 2 aliphatic heterocycles. The van der Waals surface area contributed by atoms with Crippen molar-refractivity contribution in [3.8, 4) is 0 Å². The average Bonchev–Trinajstić information content (AvgIpc) is 2.23. The molecule has 122 valence electrons. The Hall–Kier alpha value is 0.719. The van der Waals surface area contributed by atoms with Gasteiger partial charge in [-0.3, -0.25) is 0 Å². The Morgan fingerprint density at radius 1 is 0.524 bits per heavy atom. The van der Waals surface area contributed by atoms with Crippen molar-refractivity contribution in [1.82, 2.24) is 6.24 Å². The molecule has 2 fully saturated rings. The minimum absolute atomic E-state index is 0.386. The first-order valence-corrected chi connectivity index (χ1v) is 11.3. The predicted molar refractivity (Wildman–Crippen MR) is 93.5 cm³/mol. The maximum absolute atomic E-state index is 2.96. The van der Waals surface area contributed by atoms with Crippen LogP contribution in [0.2, 0.25) is 0 Å². The summed E-state index contributed by atoms with van der Waals surface area (Å²) in [5.41, 5.74) is 1.55. The van der Waals surface area contributed by atoms with Crippen molar-refractivity contribution in [2.45, 2.75) is 116 Å². The van der Waals surface area contributed by atoms with Crippen LogP contribution in [0.5, 0.6) is 0 Å². The summed E-state index contributed by atoms with van der Waals surface area (Å²) in [4.78, 5) is 0. The molecule has 0 amide bonds. The van der Waals surface area contributed by atoms with E-state index in [2.05, 4.69) is 61.6 Å². The van der Waals surface area contributed by atoms with Crippen molar-refractivity contribution < 1.29 is 0 Å². The van der Waals surface area contributed by atoms with E-state index in [0.717, 1.165) is 0 Å². The van der Waals surface area contributed by atoms with Crippen LogP contribution < -0.4 is 0 Å². The van der Waals surface area contributed by atoms with E-state index < -0.39 is 21.7 Å². The van der Waals surface area contributed by atoms with Gasteiger partial charge in [-0.1, -0.05) is 0 Å². The third kappa shape index (κ3) is 3.63. The van der Waals surface area contributed by atoms with E-state index in [1.807, 2.05) is 0 Å². The molecule has 0 aliphatic carbocycles. The van der Waals surface area contributed by atoms with Gasteiger partial charge in [0.2, 0.25) is 0 Å². The van der Waals surface area contributed by atoms with Crippen molar-refractivity contribution in [2.75, 3.05) is 0 Å². The maximum atomic E-state index is 2.96. The fraction of sp³-hybridized carbons (Fsp3) is 1.00. The molecule has 0 bridgehead atoms. The van der Waals surface area contributed by atoms with Gasteiger partial charge in [0, 0.05) is 0 Å². The summed E-state index contributed by atoms with van der Waals surface area (Å²) in [5, 5.41) is 0. The number of hydrogen-bond donors (Lipinski definition) is 0. The van der Waals surface area contributed by atoms with Gasteiger partial charge in [0.15, 0.2) is 0 Å². The fourth-order valence-electron chi connectivity index (χ4n) is 4.63. The Labute approximate surface area is 144 Å². The van der Waals surface area contributed by atoms with E-state index in [-0.39, 0.29) is 0 Å². The molecular formula is C18H36N2Sn. The van der Waals surface area contributed by atoms with Crippen LogP contribution in [-0.4, -0.2) is 50.1 Å². The third-order valence-corrected chi connectivity index (χ3v) is 13.8. The van der Waals surface area contributed by atoms with Crippen LogP contribution in [0, 0.1) is 0 Å². The monoisotopic (exact) mass is 400 g/mol. The zero-order chi connectivity index (χ0) is 16.1.